The van der Waals surface area contributed by atoms with Crippen molar-refractivity contribution in [3.63, 3.8) is 0 Å². The summed E-state index contributed by atoms with van der Waals surface area (Å²) in [7, 11) is 3.18. The predicted octanol–water partition coefficient (Wildman–Crippen LogP) is 2.63. The number of aromatic nitrogens is 2. The monoisotopic (exact) mass is 547 g/mol. The molecular formula is C29H33N5O6. The average Bonchev–Trinajstić information content (AvgIpc) is 3.51. The molecule has 3 heterocycles. The van der Waals surface area contributed by atoms with Gasteiger partial charge in [-0.05, 0) is 41.8 Å². The summed E-state index contributed by atoms with van der Waals surface area (Å²) in [6, 6.07) is 9.49. The van der Waals surface area contributed by atoms with E-state index in [0.29, 0.717) is 42.3 Å². The number of hydrogen-bond acceptors (Lipinski definition) is 7. The molecule has 0 radical (unpaired) electrons. The van der Waals surface area contributed by atoms with Gasteiger partial charge in [0.1, 0.15) is 5.75 Å². The summed E-state index contributed by atoms with van der Waals surface area (Å²) in [6.45, 7) is 1.19. The Morgan fingerprint density at radius 3 is 2.70 bits per heavy atom. The fourth-order valence-electron chi connectivity index (χ4n) is 5.14. The molecule has 2 aromatic carbocycles. The van der Waals surface area contributed by atoms with E-state index >= 15 is 0 Å². The van der Waals surface area contributed by atoms with Crippen LogP contribution < -0.4 is 24.8 Å². The Hall–Kier alpha value is -4.54. The molecule has 1 aromatic heterocycles. The summed E-state index contributed by atoms with van der Waals surface area (Å²) < 4.78 is 17.3. The third-order valence-corrected chi connectivity index (χ3v) is 7.22. The van der Waals surface area contributed by atoms with Gasteiger partial charge >= 0.3 is 0 Å². The number of hydrogen-bond donors (Lipinski definition) is 3. The van der Waals surface area contributed by atoms with Gasteiger partial charge in [0.15, 0.2) is 11.5 Å². The zero-order valence-corrected chi connectivity index (χ0v) is 22.6. The van der Waals surface area contributed by atoms with Gasteiger partial charge in [0.05, 0.1) is 38.6 Å². The van der Waals surface area contributed by atoms with Crippen LogP contribution in [0.5, 0.6) is 17.2 Å². The first-order valence-electron chi connectivity index (χ1n) is 13.3. The SMILES string of the molecule is COc1cc2cc(c1OC)-c1ccc3c(c1)C(CCO3)NC(=O)CCN(C(=O)c1cn[nH]c1)CCNC(=O)CC2. The van der Waals surface area contributed by atoms with E-state index in [-0.39, 0.29) is 56.2 Å². The Kier molecular flexibility index (Phi) is 8.18. The number of amides is 3. The minimum absolute atomic E-state index is 0.108. The molecule has 2 aliphatic rings. The van der Waals surface area contributed by atoms with E-state index in [0.717, 1.165) is 22.3 Å². The van der Waals surface area contributed by atoms with Gasteiger partial charge in [0.2, 0.25) is 11.8 Å². The second kappa shape index (κ2) is 12.1. The Balaban J connectivity index is 1.49. The summed E-state index contributed by atoms with van der Waals surface area (Å²) >= 11 is 0. The maximum absolute atomic E-state index is 13.1. The van der Waals surface area contributed by atoms with Crippen molar-refractivity contribution in [2.24, 2.45) is 0 Å². The Morgan fingerprint density at radius 2 is 1.93 bits per heavy atom. The molecule has 2 aliphatic heterocycles. The van der Waals surface area contributed by atoms with Gasteiger partial charge < -0.3 is 29.7 Å². The number of nitrogens with zero attached hydrogens (tertiary/aromatic N) is 2. The molecule has 1 unspecified atom stereocenters. The molecule has 3 amide bonds. The lowest BCUT2D eigenvalue weighted by molar-refractivity contribution is -0.123. The lowest BCUT2D eigenvalue weighted by atomic mass is 9.93. The van der Waals surface area contributed by atoms with Crippen molar-refractivity contribution in [2.45, 2.75) is 31.7 Å². The van der Waals surface area contributed by atoms with Gasteiger partial charge in [-0.3, -0.25) is 19.5 Å². The van der Waals surface area contributed by atoms with Gasteiger partial charge in [-0.25, -0.2) is 0 Å². The van der Waals surface area contributed by atoms with Crippen LogP contribution in [0.4, 0.5) is 0 Å². The molecule has 40 heavy (non-hydrogen) atoms. The van der Waals surface area contributed by atoms with Crippen LogP contribution in [0.15, 0.2) is 42.7 Å². The molecular weight excluding hydrogens is 514 g/mol. The molecule has 3 aromatic rings. The van der Waals surface area contributed by atoms with E-state index in [1.807, 2.05) is 30.3 Å². The van der Waals surface area contributed by atoms with Crippen molar-refractivity contribution in [2.75, 3.05) is 40.5 Å². The highest BCUT2D eigenvalue weighted by Crippen LogP contribution is 2.42. The highest BCUT2D eigenvalue weighted by molar-refractivity contribution is 5.94. The number of methoxy groups -OCH3 is 2. The molecule has 11 nitrogen and oxygen atoms in total. The molecule has 11 heteroatoms. The van der Waals surface area contributed by atoms with Crippen molar-refractivity contribution in [3.05, 3.63) is 59.4 Å². The fraction of sp³-hybridized carbons (Fsp3) is 0.379. The third-order valence-electron chi connectivity index (χ3n) is 7.22. The number of carbonyl (C=O) groups is 3. The number of aromatic amines is 1. The van der Waals surface area contributed by atoms with E-state index in [2.05, 4.69) is 20.8 Å². The van der Waals surface area contributed by atoms with Crippen molar-refractivity contribution < 1.29 is 28.6 Å². The maximum atomic E-state index is 13.1. The van der Waals surface area contributed by atoms with E-state index in [1.54, 1.807) is 19.1 Å². The number of H-pyrrole nitrogens is 1. The van der Waals surface area contributed by atoms with Crippen LogP contribution in [-0.2, 0) is 16.0 Å². The van der Waals surface area contributed by atoms with Gasteiger partial charge in [-0.1, -0.05) is 6.07 Å². The highest BCUT2D eigenvalue weighted by Gasteiger charge is 2.26. The summed E-state index contributed by atoms with van der Waals surface area (Å²) in [5.74, 6) is 1.29. The molecule has 0 spiro atoms. The summed E-state index contributed by atoms with van der Waals surface area (Å²) in [5.41, 5.74) is 3.88. The molecule has 0 saturated heterocycles. The van der Waals surface area contributed by atoms with E-state index in [1.165, 1.54) is 12.4 Å². The van der Waals surface area contributed by atoms with Gasteiger partial charge in [-0.15, -0.1) is 0 Å². The van der Waals surface area contributed by atoms with Crippen LogP contribution in [0.3, 0.4) is 0 Å². The van der Waals surface area contributed by atoms with Crippen molar-refractivity contribution >= 4 is 17.7 Å². The molecule has 4 bridgehead atoms. The molecule has 0 aliphatic carbocycles. The van der Waals surface area contributed by atoms with Crippen molar-refractivity contribution in [1.29, 1.82) is 0 Å². The fourth-order valence-corrected chi connectivity index (χ4v) is 5.14. The summed E-state index contributed by atoms with van der Waals surface area (Å²) in [6.07, 6.45) is 4.43. The number of ether oxygens (including phenoxy) is 3. The standard InChI is InChI=1S/C29H33N5O6/c1-38-25-14-18-3-6-26(35)30-9-11-34(29(37)20-16-31-32-17-20)10-7-27(36)33-23-8-12-40-24-5-4-19(15-22(23)24)21(13-18)28(25)39-2/h4-5,13-17,23H,3,6-12H2,1-2H3,(H,30,35)(H,31,32)(H,33,36). The van der Waals surface area contributed by atoms with E-state index < -0.39 is 0 Å². The molecule has 0 saturated carbocycles. The lowest BCUT2D eigenvalue weighted by Gasteiger charge is -2.28. The van der Waals surface area contributed by atoms with Crippen LogP contribution in [0, 0.1) is 0 Å². The lowest BCUT2D eigenvalue weighted by Crippen LogP contribution is -2.41. The predicted molar refractivity (Wildman–Crippen MR) is 146 cm³/mol. The minimum atomic E-state index is -0.260. The Morgan fingerprint density at radius 1 is 1.05 bits per heavy atom. The number of aryl methyl sites for hydroxylation is 1. The number of carbonyl (C=O) groups excluding carboxylic acids is 3. The summed E-state index contributed by atoms with van der Waals surface area (Å²) in [4.78, 5) is 40.4. The van der Waals surface area contributed by atoms with Crippen LogP contribution in [0.2, 0.25) is 0 Å². The van der Waals surface area contributed by atoms with E-state index in [9.17, 15) is 14.4 Å². The molecule has 210 valence electrons. The Labute approximate surface area is 232 Å². The highest BCUT2D eigenvalue weighted by atomic mass is 16.5. The second-order valence-corrected chi connectivity index (χ2v) is 9.77. The number of nitrogens with one attached hydrogen (secondary N) is 3. The topological polar surface area (TPSA) is 135 Å². The second-order valence-electron chi connectivity index (χ2n) is 9.77. The molecule has 3 N–H and O–H groups in total. The largest absolute Gasteiger partial charge is 0.493 e. The zero-order chi connectivity index (χ0) is 28.1. The van der Waals surface area contributed by atoms with Gasteiger partial charge in [-0.2, -0.15) is 5.10 Å². The first kappa shape index (κ1) is 27.0. The zero-order valence-electron chi connectivity index (χ0n) is 22.6. The smallest absolute Gasteiger partial charge is 0.257 e. The number of benzene rings is 2. The van der Waals surface area contributed by atoms with Crippen molar-refractivity contribution in [1.82, 2.24) is 25.7 Å². The number of rotatable bonds is 3. The van der Waals surface area contributed by atoms with Gasteiger partial charge in [0.25, 0.3) is 5.91 Å². The number of fused-ring (bicyclic) bond motifs is 4. The van der Waals surface area contributed by atoms with E-state index in [4.69, 9.17) is 14.2 Å². The molecule has 5 rings (SSSR count). The first-order chi connectivity index (χ1) is 19.5. The minimum Gasteiger partial charge on any atom is -0.493 e. The maximum Gasteiger partial charge on any atom is 0.257 e. The molecule has 0 fully saturated rings. The Bertz CT molecular complexity index is 1390. The normalized spacial score (nSPS) is 17.9. The van der Waals surface area contributed by atoms with Crippen LogP contribution in [-0.4, -0.2) is 73.3 Å². The van der Waals surface area contributed by atoms with Crippen LogP contribution in [0.25, 0.3) is 11.1 Å². The third kappa shape index (κ3) is 5.88. The molecule has 1 atom stereocenters. The summed E-state index contributed by atoms with van der Waals surface area (Å²) in [5, 5.41) is 12.5. The van der Waals surface area contributed by atoms with Crippen LogP contribution >= 0.6 is 0 Å². The van der Waals surface area contributed by atoms with Crippen LogP contribution in [0.1, 0.15) is 46.8 Å². The van der Waals surface area contributed by atoms with Gasteiger partial charge in [0, 0.05) is 56.2 Å². The quantitative estimate of drug-likeness (QED) is 0.459. The first-order valence-corrected chi connectivity index (χ1v) is 13.3. The average molecular weight is 548 g/mol. The van der Waals surface area contributed by atoms with Crippen molar-refractivity contribution in [3.8, 4) is 28.4 Å².